The van der Waals surface area contributed by atoms with E-state index in [-0.39, 0.29) is 22.8 Å². The summed E-state index contributed by atoms with van der Waals surface area (Å²) in [6.07, 6.45) is 2.88. The molecule has 4 N–H and O–H groups in total. The topological polar surface area (TPSA) is 92.4 Å². The SMILES string of the molecule is CC1(C)CCCC1C(=O)Nc1ccc(N)cc1C(=O)O. The molecule has 1 fully saturated rings. The Bertz CT molecular complexity index is 552. The zero-order chi connectivity index (χ0) is 14.9. The quantitative estimate of drug-likeness (QED) is 0.740. The first-order valence-electron chi connectivity index (χ1n) is 6.75. The van der Waals surface area contributed by atoms with Gasteiger partial charge in [-0.05, 0) is 36.5 Å². The smallest absolute Gasteiger partial charge is 0.337 e. The van der Waals surface area contributed by atoms with Crippen LogP contribution in [0.15, 0.2) is 18.2 Å². The molecule has 0 heterocycles. The van der Waals surface area contributed by atoms with E-state index in [4.69, 9.17) is 10.8 Å². The monoisotopic (exact) mass is 276 g/mol. The third kappa shape index (κ3) is 2.76. The van der Waals surface area contributed by atoms with Crippen LogP contribution in [0.1, 0.15) is 43.5 Å². The van der Waals surface area contributed by atoms with Crippen LogP contribution in [0.3, 0.4) is 0 Å². The average Bonchev–Trinajstić information content (AvgIpc) is 2.71. The number of carbonyl (C=O) groups is 2. The summed E-state index contributed by atoms with van der Waals surface area (Å²) in [5.41, 5.74) is 6.23. The van der Waals surface area contributed by atoms with E-state index in [1.165, 1.54) is 6.07 Å². The maximum atomic E-state index is 12.4. The van der Waals surface area contributed by atoms with Crippen LogP contribution < -0.4 is 11.1 Å². The first kappa shape index (κ1) is 14.4. The predicted octanol–water partition coefficient (Wildman–Crippen LogP) is 2.73. The molecule has 2 rings (SSSR count). The lowest BCUT2D eigenvalue weighted by Gasteiger charge is -2.26. The number of amides is 1. The maximum Gasteiger partial charge on any atom is 0.337 e. The number of nitrogens with two attached hydrogens (primary N) is 1. The molecule has 0 bridgehead atoms. The van der Waals surface area contributed by atoms with Gasteiger partial charge in [-0.15, -0.1) is 0 Å². The van der Waals surface area contributed by atoms with Crippen LogP contribution in [0, 0.1) is 11.3 Å². The van der Waals surface area contributed by atoms with Gasteiger partial charge in [0.25, 0.3) is 0 Å². The van der Waals surface area contributed by atoms with E-state index >= 15 is 0 Å². The Morgan fingerprint density at radius 3 is 2.65 bits per heavy atom. The van der Waals surface area contributed by atoms with Crippen molar-refractivity contribution in [1.29, 1.82) is 0 Å². The fraction of sp³-hybridized carbons (Fsp3) is 0.467. The number of nitrogen functional groups attached to an aromatic ring is 1. The van der Waals surface area contributed by atoms with Crippen LogP contribution >= 0.6 is 0 Å². The number of aromatic carboxylic acids is 1. The highest BCUT2D eigenvalue weighted by Gasteiger charge is 2.39. The number of anilines is 2. The molecular formula is C15H20N2O3. The summed E-state index contributed by atoms with van der Waals surface area (Å²) in [5.74, 6) is -1.29. The van der Waals surface area contributed by atoms with Gasteiger partial charge in [0.1, 0.15) is 0 Å². The molecule has 1 unspecified atom stereocenters. The van der Waals surface area contributed by atoms with Crippen molar-refractivity contribution in [2.75, 3.05) is 11.1 Å². The Balaban J connectivity index is 2.22. The summed E-state index contributed by atoms with van der Waals surface area (Å²) >= 11 is 0. The van der Waals surface area contributed by atoms with Crippen LogP contribution in [0.25, 0.3) is 0 Å². The third-order valence-electron chi connectivity index (χ3n) is 4.11. The molecule has 1 aliphatic rings. The van der Waals surface area contributed by atoms with E-state index in [2.05, 4.69) is 19.2 Å². The molecule has 0 aromatic heterocycles. The lowest BCUT2D eigenvalue weighted by Crippen LogP contribution is -2.31. The molecule has 1 saturated carbocycles. The summed E-state index contributed by atoms with van der Waals surface area (Å²) in [5, 5.41) is 11.9. The molecule has 0 saturated heterocycles. The molecule has 0 spiro atoms. The van der Waals surface area contributed by atoms with Crippen LogP contribution in [0.2, 0.25) is 0 Å². The van der Waals surface area contributed by atoms with Crippen molar-refractivity contribution in [3.8, 4) is 0 Å². The van der Waals surface area contributed by atoms with Crippen molar-refractivity contribution in [3.05, 3.63) is 23.8 Å². The third-order valence-corrected chi connectivity index (χ3v) is 4.11. The van der Waals surface area contributed by atoms with Crippen molar-refractivity contribution in [2.45, 2.75) is 33.1 Å². The van der Waals surface area contributed by atoms with Crippen molar-refractivity contribution in [3.63, 3.8) is 0 Å². The van der Waals surface area contributed by atoms with Gasteiger partial charge in [0.15, 0.2) is 0 Å². The molecule has 0 aliphatic heterocycles. The highest BCUT2D eigenvalue weighted by atomic mass is 16.4. The van der Waals surface area contributed by atoms with E-state index in [1.807, 2.05) is 0 Å². The van der Waals surface area contributed by atoms with Gasteiger partial charge in [-0.1, -0.05) is 20.3 Å². The van der Waals surface area contributed by atoms with Gasteiger partial charge in [-0.25, -0.2) is 4.79 Å². The second kappa shape index (κ2) is 5.15. The minimum atomic E-state index is -1.10. The summed E-state index contributed by atoms with van der Waals surface area (Å²) in [6.45, 7) is 4.15. The summed E-state index contributed by atoms with van der Waals surface area (Å²) in [7, 11) is 0. The number of hydrogen-bond acceptors (Lipinski definition) is 3. The molecule has 1 amide bonds. The van der Waals surface area contributed by atoms with Crippen molar-refractivity contribution in [2.24, 2.45) is 11.3 Å². The molecule has 1 aliphatic carbocycles. The normalized spacial score (nSPS) is 20.6. The number of carbonyl (C=O) groups excluding carboxylic acids is 1. The Labute approximate surface area is 118 Å². The molecular weight excluding hydrogens is 256 g/mol. The minimum absolute atomic E-state index is 0.0224. The number of nitrogens with one attached hydrogen (secondary N) is 1. The molecule has 1 aromatic carbocycles. The molecule has 20 heavy (non-hydrogen) atoms. The molecule has 0 radical (unpaired) electrons. The van der Waals surface area contributed by atoms with Gasteiger partial charge in [-0.2, -0.15) is 0 Å². The van der Waals surface area contributed by atoms with Gasteiger partial charge < -0.3 is 16.2 Å². The zero-order valence-corrected chi connectivity index (χ0v) is 11.8. The van der Waals surface area contributed by atoms with Gasteiger partial charge in [0, 0.05) is 11.6 Å². The van der Waals surface area contributed by atoms with E-state index in [9.17, 15) is 9.59 Å². The largest absolute Gasteiger partial charge is 0.478 e. The minimum Gasteiger partial charge on any atom is -0.478 e. The lowest BCUT2D eigenvalue weighted by molar-refractivity contribution is -0.122. The van der Waals surface area contributed by atoms with Crippen LogP contribution in [-0.2, 0) is 4.79 Å². The van der Waals surface area contributed by atoms with Crippen molar-refractivity contribution < 1.29 is 14.7 Å². The number of carboxylic acid groups (broad SMARTS) is 1. The van der Waals surface area contributed by atoms with E-state index in [1.54, 1.807) is 12.1 Å². The van der Waals surface area contributed by atoms with Gasteiger partial charge in [0.2, 0.25) is 5.91 Å². The summed E-state index contributed by atoms with van der Waals surface area (Å²) < 4.78 is 0. The first-order valence-corrected chi connectivity index (χ1v) is 6.75. The summed E-state index contributed by atoms with van der Waals surface area (Å²) in [6, 6.07) is 4.48. The van der Waals surface area contributed by atoms with E-state index in [0.29, 0.717) is 11.4 Å². The molecule has 5 heteroatoms. The lowest BCUT2D eigenvalue weighted by atomic mass is 9.81. The highest BCUT2D eigenvalue weighted by Crippen LogP contribution is 2.43. The van der Waals surface area contributed by atoms with Crippen LogP contribution in [0.4, 0.5) is 11.4 Å². The fourth-order valence-electron chi connectivity index (χ4n) is 2.88. The molecule has 1 aromatic rings. The first-order chi connectivity index (χ1) is 9.31. The van der Waals surface area contributed by atoms with Crippen LogP contribution in [0.5, 0.6) is 0 Å². The van der Waals surface area contributed by atoms with Crippen molar-refractivity contribution in [1.82, 2.24) is 0 Å². The number of benzene rings is 1. The second-order valence-electron chi connectivity index (χ2n) is 6.03. The van der Waals surface area contributed by atoms with E-state index in [0.717, 1.165) is 19.3 Å². The average molecular weight is 276 g/mol. The van der Waals surface area contributed by atoms with Crippen molar-refractivity contribution >= 4 is 23.3 Å². The maximum absolute atomic E-state index is 12.4. The predicted molar refractivity (Wildman–Crippen MR) is 77.6 cm³/mol. The second-order valence-corrected chi connectivity index (χ2v) is 6.03. The van der Waals surface area contributed by atoms with Gasteiger partial charge in [-0.3, -0.25) is 4.79 Å². The van der Waals surface area contributed by atoms with Gasteiger partial charge in [0.05, 0.1) is 11.3 Å². The highest BCUT2D eigenvalue weighted by molar-refractivity contribution is 6.02. The number of carboxylic acids is 1. The number of hydrogen-bond donors (Lipinski definition) is 3. The Kier molecular flexibility index (Phi) is 3.70. The van der Waals surface area contributed by atoms with E-state index < -0.39 is 5.97 Å². The van der Waals surface area contributed by atoms with Crippen LogP contribution in [-0.4, -0.2) is 17.0 Å². The molecule has 108 valence electrons. The zero-order valence-electron chi connectivity index (χ0n) is 11.8. The fourth-order valence-corrected chi connectivity index (χ4v) is 2.88. The Hall–Kier alpha value is -2.04. The Morgan fingerprint density at radius 1 is 1.40 bits per heavy atom. The number of rotatable bonds is 3. The Morgan fingerprint density at radius 2 is 2.10 bits per heavy atom. The van der Waals surface area contributed by atoms with Gasteiger partial charge >= 0.3 is 5.97 Å². The molecule has 5 nitrogen and oxygen atoms in total. The summed E-state index contributed by atoms with van der Waals surface area (Å²) in [4.78, 5) is 23.6. The molecule has 1 atom stereocenters. The standard InChI is InChI=1S/C15H20N2O3/c1-15(2)7-3-4-11(15)13(18)17-12-6-5-9(16)8-10(12)14(19)20/h5-6,8,11H,3-4,7,16H2,1-2H3,(H,17,18)(H,19,20).